The molecule has 0 fully saturated rings. The Balaban J connectivity index is 2.04. The molecule has 0 aromatic heterocycles. The van der Waals surface area contributed by atoms with Gasteiger partial charge < -0.3 is 0 Å². The summed E-state index contributed by atoms with van der Waals surface area (Å²) in [6.45, 7) is 4.09. The van der Waals surface area contributed by atoms with Crippen molar-refractivity contribution in [1.82, 2.24) is 0 Å². The van der Waals surface area contributed by atoms with E-state index < -0.39 is 0 Å². The largest absolute Gasteiger partial charge is 0.218 e. The van der Waals surface area contributed by atoms with E-state index >= 15 is 0 Å². The van der Waals surface area contributed by atoms with Crippen molar-refractivity contribution in [3.8, 4) is 0 Å². The summed E-state index contributed by atoms with van der Waals surface area (Å²) in [6.07, 6.45) is 0. The third-order valence-corrected chi connectivity index (χ3v) is 3.07. The van der Waals surface area contributed by atoms with Gasteiger partial charge in [0.15, 0.2) is 0 Å². The molecule has 0 aliphatic carbocycles. The molecule has 2 nitrogen and oxygen atoms in total. The molecule has 96 valence electrons. The average molecular weight is 250 g/mol. The van der Waals surface area contributed by atoms with E-state index in [0.717, 1.165) is 0 Å². The Morgan fingerprint density at radius 3 is 1.42 bits per heavy atom. The van der Waals surface area contributed by atoms with Crippen LogP contribution in [0.15, 0.2) is 70.6 Å². The van der Waals surface area contributed by atoms with Crippen molar-refractivity contribution < 1.29 is 0 Å². The number of benzene rings is 2. The normalized spacial score (nSPS) is 13.2. The first-order valence-corrected chi connectivity index (χ1v) is 6.52. The highest BCUT2D eigenvalue weighted by Gasteiger charge is 2.02. The van der Waals surface area contributed by atoms with E-state index in [1.807, 2.05) is 50.2 Å². The molecule has 19 heavy (non-hydrogen) atoms. The summed E-state index contributed by atoms with van der Waals surface area (Å²) in [5.41, 5.74) is 2.36. The topological polar surface area (TPSA) is 24.7 Å². The summed E-state index contributed by atoms with van der Waals surface area (Å²) >= 11 is 0. The van der Waals surface area contributed by atoms with Crippen LogP contribution in [0.25, 0.3) is 0 Å². The summed E-state index contributed by atoms with van der Waals surface area (Å²) in [4.78, 5) is 8.69. The van der Waals surface area contributed by atoms with Gasteiger partial charge in [0.05, 0.1) is 18.1 Å². The lowest BCUT2D eigenvalue weighted by Gasteiger charge is -2.04. The van der Waals surface area contributed by atoms with E-state index in [2.05, 4.69) is 40.3 Å². The Labute approximate surface area is 114 Å². The molecule has 0 N–H and O–H groups in total. The summed E-state index contributed by atoms with van der Waals surface area (Å²) in [7, 11) is 0. The van der Waals surface area contributed by atoms with E-state index in [-0.39, 0.29) is 12.1 Å². The predicted octanol–water partition coefficient (Wildman–Crippen LogP) is 4.68. The molecule has 0 bridgehead atoms. The zero-order valence-electron chi connectivity index (χ0n) is 11.3. The van der Waals surface area contributed by atoms with Gasteiger partial charge in [-0.2, -0.15) is 0 Å². The monoisotopic (exact) mass is 250 g/mol. The fraction of sp³-hybridized carbons (Fsp3) is 0.235. The van der Waals surface area contributed by atoms with Crippen LogP contribution in [-0.4, -0.2) is 6.01 Å². The lowest BCUT2D eigenvalue weighted by Crippen LogP contribution is -1.90. The number of hydrogen-bond donors (Lipinski definition) is 0. The zero-order valence-corrected chi connectivity index (χ0v) is 11.3. The van der Waals surface area contributed by atoms with Crippen molar-refractivity contribution in [3.05, 3.63) is 71.8 Å². The fourth-order valence-corrected chi connectivity index (χ4v) is 1.82. The second-order valence-electron chi connectivity index (χ2n) is 4.53. The van der Waals surface area contributed by atoms with E-state index in [1.54, 1.807) is 0 Å². The summed E-state index contributed by atoms with van der Waals surface area (Å²) in [5.74, 6) is 0. The standard InChI is InChI=1S/C17H18N2/c1-14(16-9-5-3-6-10-16)18-13-19-15(2)17-11-7-4-8-12-17/h3-12,14-15H,1-2H3/t14-,15+. The molecule has 0 aliphatic rings. The minimum absolute atomic E-state index is 0.0907. The van der Waals surface area contributed by atoms with Crippen molar-refractivity contribution in [3.63, 3.8) is 0 Å². The van der Waals surface area contributed by atoms with Crippen molar-refractivity contribution >= 4 is 6.01 Å². The molecular formula is C17H18N2. The van der Waals surface area contributed by atoms with Crippen LogP contribution in [0, 0.1) is 0 Å². The SMILES string of the molecule is C[C@H](N=C=N[C@H](C)c1ccccc1)c1ccccc1. The maximum atomic E-state index is 4.34. The first kappa shape index (κ1) is 13.3. The molecule has 2 atom stereocenters. The van der Waals surface area contributed by atoms with Gasteiger partial charge in [-0.1, -0.05) is 60.7 Å². The highest BCUT2D eigenvalue weighted by molar-refractivity contribution is 5.43. The minimum atomic E-state index is 0.0907. The van der Waals surface area contributed by atoms with Gasteiger partial charge in [-0.3, -0.25) is 0 Å². The smallest absolute Gasteiger partial charge is 0.0905 e. The van der Waals surface area contributed by atoms with Crippen LogP contribution in [0.3, 0.4) is 0 Å². The summed E-state index contributed by atoms with van der Waals surface area (Å²) in [6, 6.07) is 23.4. The Hall–Kier alpha value is -2.18. The minimum Gasteiger partial charge on any atom is -0.218 e. The molecule has 0 spiro atoms. The van der Waals surface area contributed by atoms with Crippen molar-refractivity contribution in [2.24, 2.45) is 9.98 Å². The summed E-state index contributed by atoms with van der Waals surface area (Å²) in [5, 5.41) is 0. The lowest BCUT2D eigenvalue weighted by atomic mass is 10.1. The van der Waals surface area contributed by atoms with Gasteiger partial charge in [-0.05, 0) is 25.0 Å². The second-order valence-corrected chi connectivity index (χ2v) is 4.53. The van der Waals surface area contributed by atoms with Crippen LogP contribution in [-0.2, 0) is 0 Å². The maximum Gasteiger partial charge on any atom is 0.0905 e. The van der Waals surface area contributed by atoms with Crippen LogP contribution < -0.4 is 0 Å². The van der Waals surface area contributed by atoms with Crippen molar-refractivity contribution in [2.45, 2.75) is 25.9 Å². The predicted molar refractivity (Wildman–Crippen MR) is 79.6 cm³/mol. The van der Waals surface area contributed by atoms with Crippen LogP contribution in [0.1, 0.15) is 37.1 Å². The van der Waals surface area contributed by atoms with Gasteiger partial charge in [0, 0.05) is 0 Å². The number of aliphatic imine (C=N–C) groups is 2. The Bertz CT molecular complexity index is 505. The van der Waals surface area contributed by atoms with Crippen LogP contribution >= 0.6 is 0 Å². The number of nitrogens with zero attached hydrogens (tertiary/aromatic N) is 2. The van der Waals surface area contributed by atoms with Gasteiger partial charge >= 0.3 is 0 Å². The quantitative estimate of drug-likeness (QED) is 0.704. The Kier molecular flexibility index (Phi) is 4.66. The highest BCUT2D eigenvalue weighted by Crippen LogP contribution is 2.16. The van der Waals surface area contributed by atoms with Crippen molar-refractivity contribution in [2.75, 3.05) is 0 Å². The fourth-order valence-electron chi connectivity index (χ4n) is 1.82. The van der Waals surface area contributed by atoms with Crippen LogP contribution in [0.4, 0.5) is 0 Å². The molecule has 0 aliphatic heterocycles. The second kappa shape index (κ2) is 6.67. The van der Waals surface area contributed by atoms with Gasteiger partial charge in [-0.25, -0.2) is 9.98 Å². The van der Waals surface area contributed by atoms with Gasteiger partial charge in [-0.15, -0.1) is 0 Å². The molecule has 0 saturated heterocycles. The average Bonchev–Trinajstić information content (AvgIpc) is 2.49. The van der Waals surface area contributed by atoms with E-state index in [0.29, 0.717) is 0 Å². The van der Waals surface area contributed by atoms with Crippen LogP contribution in [0.5, 0.6) is 0 Å². The molecule has 0 unspecified atom stereocenters. The maximum absolute atomic E-state index is 4.34. The Morgan fingerprint density at radius 2 is 1.05 bits per heavy atom. The van der Waals surface area contributed by atoms with Crippen LogP contribution in [0.2, 0.25) is 0 Å². The van der Waals surface area contributed by atoms with E-state index in [4.69, 9.17) is 0 Å². The first-order chi connectivity index (χ1) is 9.27. The first-order valence-electron chi connectivity index (χ1n) is 6.52. The molecule has 0 saturated carbocycles. The molecule has 2 aromatic carbocycles. The molecule has 2 rings (SSSR count). The van der Waals surface area contributed by atoms with Gasteiger partial charge in [0.1, 0.15) is 0 Å². The third kappa shape index (κ3) is 3.90. The third-order valence-electron chi connectivity index (χ3n) is 3.07. The zero-order chi connectivity index (χ0) is 13.5. The summed E-state index contributed by atoms with van der Waals surface area (Å²) < 4.78 is 0. The Morgan fingerprint density at radius 1 is 0.684 bits per heavy atom. The molecule has 2 aromatic rings. The molecule has 0 heterocycles. The molecular weight excluding hydrogens is 232 g/mol. The molecule has 0 radical (unpaired) electrons. The van der Waals surface area contributed by atoms with E-state index in [9.17, 15) is 0 Å². The molecule has 2 heteroatoms. The number of rotatable bonds is 4. The van der Waals surface area contributed by atoms with Gasteiger partial charge in [0.25, 0.3) is 0 Å². The van der Waals surface area contributed by atoms with Crippen molar-refractivity contribution in [1.29, 1.82) is 0 Å². The van der Waals surface area contributed by atoms with E-state index in [1.165, 1.54) is 11.1 Å². The molecule has 0 amide bonds. The van der Waals surface area contributed by atoms with Gasteiger partial charge in [0.2, 0.25) is 0 Å². The highest BCUT2D eigenvalue weighted by atomic mass is 14.9. The lowest BCUT2D eigenvalue weighted by molar-refractivity contribution is 0.802. The number of hydrogen-bond acceptors (Lipinski definition) is 2.